The molecule has 3 rings (SSSR count). The molecule has 0 bridgehead atoms. The lowest BCUT2D eigenvalue weighted by Crippen LogP contribution is -2.47. The van der Waals surface area contributed by atoms with Crippen LogP contribution in [0.5, 0.6) is 0 Å². The molecule has 2 aliphatic heterocycles. The van der Waals surface area contributed by atoms with E-state index in [2.05, 4.69) is 23.3 Å². The smallest absolute Gasteiger partial charge is 0.149 e. The van der Waals surface area contributed by atoms with Crippen LogP contribution in [0.15, 0.2) is 0 Å². The molecule has 2 saturated heterocycles. The van der Waals surface area contributed by atoms with Crippen molar-refractivity contribution in [3.8, 4) is 0 Å². The van der Waals surface area contributed by atoms with Gasteiger partial charge in [0.25, 0.3) is 0 Å². The summed E-state index contributed by atoms with van der Waals surface area (Å²) >= 11 is 0. The summed E-state index contributed by atoms with van der Waals surface area (Å²) in [6.07, 6.45) is 9.64. The molecule has 0 spiro atoms. The Balaban J connectivity index is 1.34. The molecular weight excluding hydrogens is 230 g/mol. The van der Waals surface area contributed by atoms with Crippen molar-refractivity contribution in [1.82, 2.24) is 16.3 Å². The summed E-state index contributed by atoms with van der Waals surface area (Å²) in [7, 11) is 0. The first-order valence-electron chi connectivity index (χ1n) is 7.40. The zero-order valence-electron chi connectivity index (χ0n) is 11.2. The zero-order valence-corrected chi connectivity index (χ0v) is 11.2. The highest BCUT2D eigenvalue weighted by Crippen LogP contribution is 2.28. The molecule has 104 valence electrons. The van der Waals surface area contributed by atoms with Crippen molar-refractivity contribution in [2.45, 2.75) is 82.4 Å². The van der Waals surface area contributed by atoms with Gasteiger partial charge in [0.2, 0.25) is 0 Å². The summed E-state index contributed by atoms with van der Waals surface area (Å²) in [5.74, 6) is 0. The fraction of sp³-hybridized carbons (Fsp3) is 1.00. The Labute approximate surface area is 109 Å². The second-order valence-corrected chi connectivity index (χ2v) is 5.88. The molecule has 0 radical (unpaired) electrons. The number of epoxide rings is 1. The number of hydrogen-bond donors (Lipinski definition) is 3. The van der Waals surface area contributed by atoms with Gasteiger partial charge in [-0.05, 0) is 32.6 Å². The average Bonchev–Trinajstić information content (AvgIpc) is 3.18. The molecule has 4 atom stereocenters. The van der Waals surface area contributed by atoms with E-state index in [1.807, 2.05) is 0 Å². The average molecular weight is 255 g/mol. The molecule has 3 aliphatic rings. The van der Waals surface area contributed by atoms with Gasteiger partial charge in [-0.25, -0.2) is 5.43 Å². The summed E-state index contributed by atoms with van der Waals surface area (Å²) in [5.41, 5.74) is 9.84. The molecule has 3 fully saturated rings. The second kappa shape index (κ2) is 5.84. The minimum absolute atomic E-state index is 0.154. The van der Waals surface area contributed by atoms with E-state index in [0.29, 0.717) is 18.2 Å². The van der Waals surface area contributed by atoms with Gasteiger partial charge in [0.05, 0.1) is 12.1 Å². The van der Waals surface area contributed by atoms with Crippen LogP contribution in [0.2, 0.25) is 0 Å². The molecule has 3 N–H and O–H groups in total. The number of nitrogens with one attached hydrogen (secondary N) is 3. The number of ether oxygens (including phenoxy) is 1. The van der Waals surface area contributed by atoms with Gasteiger partial charge in [-0.15, -0.1) is 0 Å². The van der Waals surface area contributed by atoms with Gasteiger partial charge in [0, 0.05) is 6.04 Å². The van der Waals surface area contributed by atoms with Crippen LogP contribution in [0.4, 0.5) is 0 Å². The molecule has 0 aromatic rings. The Morgan fingerprint density at radius 2 is 1.83 bits per heavy atom. The van der Waals surface area contributed by atoms with Gasteiger partial charge in [-0.1, -0.05) is 19.3 Å². The van der Waals surface area contributed by atoms with Crippen molar-refractivity contribution >= 4 is 0 Å². The molecule has 5 nitrogen and oxygen atoms in total. The maximum Gasteiger partial charge on any atom is 0.149 e. The Morgan fingerprint density at radius 1 is 1.00 bits per heavy atom. The largest absolute Gasteiger partial charge is 0.350 e. The van der Waals surface area contributed by atoms with Gasteiger partial charge in [-0.3, -0.25) is 10.3 Å². The molecule has 18 heavy (non-hydrogen) atoms. The van der Waals surface area contributed by atoms with Crippen molar-refractivity contribution in [1.29, 1.82) is 0 Å². The molecule has 0 amide bonds. The van der Waals surface area contributed by atoms with Crippen molar-refractivity contribution in [3.05, 3.63) is 0 Å². The summed E-state index contributed by atoms with van der Waals surface area (Å²) in [5, 5.41) is 0. The van der Waals surface area contributed by atoms with Crippen LogP contribution in [0.3, 0.4) is 0 Å². The van der Waals surface area contributed by atoms with E-state index in [9.17, 15) is 0 Å². The van der Waals surface area contributed by atoms with E-state index in [1.165, 1.54) is 32.1 Å². The number of hydroxylamine groups is 1. The minimum Gasteiger partial charge on any atom is -0.350 e. The maximum absolute atomic E-state index is 5.67. The highest BCUT2D eigenvalue weighted by Gasteiger charge is 2.46. The van der Waals surface area contributed by atoms with Crippen molar-refractivity contribution in [2.24, 2.45) is 0 Å². The second-order valence-electron chi connectivity index (χ2n) is 5.88. The van der Waals surface area contributed by atoms with E-state index < -0.39 is 0 Å². The molecule has 5 heteroatoms. The van der Waals surface area contributed by atoms with E-state index in [1.54, 1.807) is 0 Å². The Kier molecular flexibility index (Phi) is 4.16. The summed E-state index contributed by atoms with van der Waals surface area (Å²) in [6, 6.07) is 0.964. The predicted molar refractivity (Wildman–Crippen MR) is 68.5 cm³/mol. The third kappa shape index (κ3) is 3.22. The first kappa shape index (κ1) is 12.8. The number of hydrazine groups is 1. The van der Waals surface area contributed by atoms with Crippen LogP contribution in [0, 0.1) is 0 Å². The van der Waals surface area contributed by atoms with Gasteiger partial charge in [-0.2, -0.15) is 5.48 Å². The van der Waals surface area contributed by atoms with Crippen LogP contribution in [-0.4, -0.2) is 30.5 Å². The number of hydrogen-bond acceptors (Lipinski definition) is 5. The van der Waals surface area contributed by atoms with Gasteiger partial charge < -0.3 is 4.74 Å². The topological polar surface area (TPSA) is 57.8 Å². The van der Waals surface area contributed by atoms with Crippen LogP contribution in [-0.2, 0) is 9.57 Å². The van der Waals surface area contributed by atoms with E-state index >= 15 is 0 Å². The Morgan fingerprint density at radius 3 is 2.56 bits per heavy atom. The van der Waals surface area contributed by atoms with Gasteiger partial charge in [0.15, 0.2) is 0 Å². The van der Waals surface area contributed by atoms with Crippen molar-refractivity contribution < 1.29 is 9.57 Å². The fourth-order valence-electron chi connectivity index (χ4n) is 2.96. The predicted octanol–water partition coefficient (Wildman–Crippen LogP) is 1.21. The van der Waals surface area contributed by atoms with E-state index in [0.717, 1.165) is 12.8 Å². The molecule has 4 unspecified atom stereocenters. The van der Waals surface area contributed by atoms with Gasteiger partial charge in [0.1, 0.15) is 12.3 Å². The minimum atomic E-state index is 0.154. The van der Waals surface area contributed by atoms with E-state index in [-0.39, 0.29) is 12.3 Å². The lowest BCUT2D eigenvalue weighted by molar-refractivity contribution is -0.0757. The highest BCUT2D eigenvalue weighted by molar-refractivity contribution is 4.93. The summed E-state index contributed by atoms with van der Waals surface area (Å²) in [6.45, 7) is 2.09. The lowest BCUT2D eigenvalue weighted by atomic mass is 9.96. The standard InChI is InChI=1S/C13H25N3O2/c1-9-7-8-11(16-18-9)12-13(17-12)15-14-10-5-3-2-4-6-10/h9-16H,2-8H2,1H3. The molecule has 0 aromatic heterocycles. The van der Waals surface area contributed by atoms with Gasteiger partial charge >= 0.3 is 0 Å². The Hall–Kier alpha value is -0.200. The molecular formula is C13H25N3O2. The van der Waals surface area contributed by atoms with Crippen molar-refractivity contribution in [3.63, 3.8) is 0 Å². The fourth-order valence-corrected chi connectivity index (χ4v) is 2.96. The first-order valence-corrected chi connectivity index (χ1v) is 7.40. The monoisotopic (exact) mass is 255 g/mol. The normalized spacial score (nSPS) is 41.8. The van der Waals surface area contributed by atoms with Crippen LogP contribution >= 0.6 is 0 Å². The SMILES string of the molecule is CC1CCC(C2OC2NNC2CCCCC2)NO1. The first-order chi connectivity index (χ1) is 8.83. The lowest BCUT2D eigenvalue weighted by Gasteiger charge is -2.26. The van der Waals surface area contributed by atoms with Crippen molar-refractivity contribution in [2.75, 3.05) is 0 Å². The third-order valence-electron chi connectivity index (χ3n) is 4.26. The molecule has 2 heterocycles. The van der Waals surface area contributed by atoms with Crippen LogP contribution < -0.4 is 16.3 Å². The van der Waals surface area contributed by atoms with Crippen LogP contribution in [0.1, 0.15) is 51.9 Å². The Bertz CT molecular complexity index is 263. The number of rotatable bonds is 4. The highest BCUT2D eigenvalue weighted by atomic mass is 16.7. The zero-order chi connectivity index (χ0) is 12.4. The molecule has 0 aromatic carbocycles. The third-order valence-corrected chi connectivity index (χ3v) is 4.26. The quantitative estimate of drug-likeness (QED) is 0.521. The molecule has 1 aliphatic carbocycles. The molecule has 1 saturated carbocycles. The van der Waals surface area contributed by atoms with Crippen LogP contribution in [0.25, 0.3) is 0 Å². The summed E-state index contributed by atoms with van der Waals surface area (Å²) < 4.78 is 5.67. The maximum atomic E-state index is 5.67. The summed E-state index contributed by atoms with van der Waals surface area (Å²) in [4.78, 5) is 5.46. The van der Waals surface area contributed by atoms with E-state index in [4.69, 9.17) is 9.57 Å².